The average Bonchev–Trinajstić information content (AvgIpc) is 1.85. The van der Waals surface area contributed by atoms with Gasteiger partial charge in [-0.3, -0.25) is 0 Å². The molecule has 0 aliphatic carbocycles. The third-order valence-corrected chi connectivity index (χ3v) is 4.06. The van der Waals surface area contributed by atoms with Crippen LogP contribution in [-0.2, 0) is 0 Å². The Hall–Kier alpha value is 0.310. The largest absolute Gasteiger partial charge is 0.389 e. The summed E-state index contributed by atoms with van der Waals surface area (Å²) in [6.45, 7) is 6.54. The van der Waals surface area contributed by atoms with Crippen LogP contribution in [0.1, 0.15) is 33.6 Å². The van der Waals surface area contributed by atoms with E-state index in [4.69, 9.17) is 0 Å². The second-order valence-electron chi connectivity index (χ2n) is 4.41. The minimum absolute atomic E-state index is 0.327. The van der Waals surface area contributed by atoms with E-state index >= 15 is 0 Å². The van der Waals surface area contributed by atoms with Gasteiger partial charge in [0.15, 0.2) is 0 Å². The minimum atomic E-state index is -0.383. The molecule has 66 valence electrons. The van der Waals surface area contributed by atoms with Crippen molar-refractivity contribution >= 4 is 11.8 Å². The highest BCUT2D eigenvalue weighted by atomic mass is 32.2. The Morgan fingerprint density at radius 3 is 2.36 bits per heavy atom. The number of hydrogen-bond donors (Lipinski definition) is 1. The first kappa shape index (κ1) is 9.40. The van der Waals surface area contributed by atoms with Gasteiger partial charge in [-0.1, -0.05) is 20.8 Å². The van der Waals surface area contributed by atoms with Crippen molar-refractivity contribution in [1.82, 2.24) is 0 Å². The summed E-state index contributed by atoms with van der Waals surface area (Å²) in [6, 6.07) is 0. The van der Waals surface area contributed by atoms with Crippen LogP contribution in [0.25, 0.3) is 0 Å². The summed E-state index contributed by atoms with van der Waals surface area (Å²) in [4.78, 5) is 0. The Labute approximate surface area is 73.6 Å². The van der Waals surface area contributed by atoms with Gasteiger partial charge < -0.3 is 5.11 Å². The summed E-state index contributed by atoms with van der Waals surface area (Å²) in [5.41, 5.74) is -0.0555. The van der Waals surface area contributed by atoms with E-state index in [2.05, 4.69) is 20.8 Å². The lowest BCUT2D eigenvalue weighted by molar-refractivity contribution is 0.0163. The van der Waals surface area contributed by atoms with Crippen LogP contribution in [0.5, 0.6) is 0 Å². The highest BCUT2D eigenvalue weighted by molar-refractivity contribution is 7.99. The summed E-state index contributed by atoms with van der Waals surface area (Å²) in [6.07, 6.45) is 1.85. The van der Waals surface area contributed by atoms with Crippen molar-refractivity contribution in [3.05, 3.63) is 0 Å². The lowest BCUT2D eigenvalue weighted by Crippen LogP contribution is -2.41. The van der Waals surface area contributed by atoms with Gasteiger partial charge in [0.25, 0.3) is 0 Å². The molecule has 1 rings (SSSR count). The van der Waals surface area contributed by atoms with E-state index in [1.807, 2.05) is 11.8 Å². The molecule has 1 atom stereocenters. The Kier molecular flexibility index (Phi) is 2.55. The Bertz CT molecular complexity index is 144. The molecule has 0 saturated carbocycles. The smallest absolute Gasteiger partial charge is 0.0740 e. The van der Waals surface area contributed by atoms with E-state index in [0.717, 1.165) is 18.6 Å². The molecule has 0 aromatic heterocycles. The zero-order valence-electron chi connectivity index (χ0n) is 7.68. The predicted molar refractivity (Wildman–Crippen MR) is 51.0 cm³/mol. The fourth-order valence-corrected chi connectivity index (χ4v) is 3.18. The first-order valence-electron chi connectivity index (χ1n) is 4.28. The Morgan fingerprint density at radius 2 is 2.00 bits per heavy atom. The van der Waals surface area contributed by atoms with Crippen LogP contribution in [-0.4, -0.2) is 22.2 Å². The lowest BCUT2D eigenvalue weighted by Gasteiger charge is -2.40. The maximum absolute atomic E-state index is 9.99. The van der Waals surface area contributed by atoms with Gasteiger partial charge in [0.05, 0.1) is 5.60 Å². The minimum Gasteiger partial charge on any atom is -0.389 e. The molecular formula is C9H18OS. The zero-order chi connectivity index (χ0) is 8.54. The predicted octanol–water partition coefficient (Wildman–Crippen LogP) is 2.29. The van der Waals surface area contributed by atoms with E-state index in [-0.39, 0.29) is 5.60 Å². The van der Waals surface area contributed by atoms with Crippen molar-refractivity contribution in [3.63, 3.8) is 0 Å². The van der Waals surface area contributed by atoms with E-state index in [1.54, 1.807) is 0 Å². The lowest BCUT2D eigenvalue weighted by atomic mass is 9.81. The van der Waals surface area contributed by atoms with Crippen LogP contribution in [0.3, 0.4) is 0 Å². The Morgan fingerprint density at radius 1 is 1.36 bits per heavy atom. The molecule has 0 aromatic rings. The summed E-state index contributed by atoms with van der Waals surface area (Å²) in [5, 5.41) is 9.99. The number of rotatable bonds is 1. The highest BCUT2D eigenvalue weighted by Gasteiger charge is 2.37. The summed E-state index contributed by atoms with van der Waals surface area (Å²) >= 11 is 1.88. The van der Waals surface area contributed by atoms with Crippen LogP contribution >= 0.6 is 11.8 Å². The van der Waals surface area contributed by atoms with Gasteiger partial charge in [-0.15, -0.1) is 0 Å². The molecule has 1 aliphatic heterocycles. The van der Waals surface area contributed by atoms with E-state index in [0.29, 0.717) is 5.41 Å². The summed E-state index contributed by atoms with van der Waals surface area (Å²) in [7, 11) is 0. The van der Waals surface area contributed by atoms with Gasteiger partial charge in [0, 0.05) is 5.75 Å². The normalized spacial score (nSPS) is 37.1. The molecule has 0 aromatic carbocycles. The molecule has 0 bridgehead atoms. The van der Waals surface area contributed by atoms with E-state index < -0.39 is 0 Å². The maximum atomic E-state index is 9.99. The maximum Gasteiger partial charge on any atom is 0.0740 e. The highest BCUT2D eigenvalue weighted by Crippen LogP contribution is 2.40. The van der Waals surface area contributed by atoms with Gasteiger partial charge >= 0.3 is 0 Å². The third-order valence-electron chi connectivity index (χ3n) is 2.33. The van der Waals surface area contributed by atoms with E-state index in [1.165, 1.54) is 5.75 Å². The van der Waals surface area contributed by atoms with Gasteiger partial charge in [-0.25, -0.2) is 0 Å². The van der Waals surface area contributed by atoms with Crippen LogP contribution < -0.4 is 0 Å². The van der Waals surface area contributed by atoms with Crippen LogP contribution in [0, 0.1) is 5.41 Å². The molecule has 0 amide bonds. The monoisotopic (exact) mass is 174 g/mol. The SMILES string of the molecule is CCC1(O)CSCC(C)(C)C1. The molecule has 0 radical (unpaired) electrons. The summed E-state index contributed by atoms with van der Waals surface area (Å²) in [5.74, 6) is 2.11. The van der Waals surface area contributed by atoms with Crippen LogP contribution in [0.15, 0.2) is 0 Å². The third kappa shape index (κ3) is 2.38. The molecule has 11 heavy (non-hydrogen) atoms. The van der Waals surface area contributed by atoms with Gasteiger partial charge in [0.2, 0.25) is 0 Å². The first-order chi connectivity index (χ1) is 4.97. The van der Waals surface area contributed by atoms with Crippen molar-refractivity contribution < 1.29 is 5.11 Å². The molecule has 2 heteroatoms. The van der Waals surface area contributed by atoms with Gasteiger partial charge in [-0.05, 0) is 24.0 Å². The van der Waals surface area contributed by atoms with Crippen molar-refractivity contribution in [2.75, 3.05) is 11.5 Å². The van der Waals surface area contributed by atoms with Gasteiger partial charge in [0.1, 0.15) is 0 Å². The fourth-order valence-electron chi connectivity index (χ4n) is 1.74. The molecule has 0 spiro atoms. The van der Waals surface area contributed by atoms with Crippen molar-refractivity contribution in [2.24, 2.45) is 5.41 Å². The molecule has 1 fully saturated rings. The standard InChI is InChI=1S/C9H18OS/c1-4-9(10)5-8(2,3)6-11-7-9/h10H,4-7H2,1-3H3. The molecule has 1 saturated heterocycles. The molecule has 1 unspecified atom stereocenters. The van der Waals surface area contributed by atoms with E-state index in [9.17, 15) is 5.11 Å². The van der Waals surface area contributed by atoms with Crippen molar-refractivity contribution in [3.8, 4) is 0 Å². The summed E-state index contributed by atoms with van der Waals surface area (Å²) < 4.78 is 0. The molecule has 1 heterocycles. The van der Waals surface area contributed by atoms with Crippen LogP contribution in [0.4, 0.5) is 0 Å². The van der Waals surface area contributed by atoms with Crippen LogP contribution in [0.2, 0.25) is 0 Å². The number of aliphatic hydroxyl groups is 1. The average molecular weight is 174 g/mol. The van der Waals surface area contributed by atoms with Gasteiger partial charge in [-0.2, -0.15) is 11.8 Å². The fraction of sp³-hybridized carbons (Fsp3) is 1.00. The molecule has 1 aliphatic rings. The van der Waals surface area contributed by atoms with Crippen molar-refractivity contribution in [2.45, 2.75) is 39.2 Å². The molecule has 1 N–H and O–H groups in total. The zero-order valence-corrected chi connectivity index (χ0v) is 8.50. The second kappa shape index (κ2) is 2.98. The Balaban J connectivity index is 2.59. The number of hydrogen-bond acceptors (Lipinski definition) is 2. The topological polar surface area (TPSA) is 20.2 Å². The molecular weight excluding hydrogens is 156 g/mol. The molecule has 1 nitrogen and oxygen atoms in total. The quantitative estimate of drug-likeness (QED) is 0.658. The first-order valence-corrected chi connectivity index (χ1v) is 5.43. The number of thioether (sulfide) groups is 1. The van der Waals surface area contributed by atoms with Crippen molar-refractivity contribution in [1.29, 1.82) is 0 Å². The second-order valence-corrected chi connectivity index (χ2v) is 5.40.